The van der Waals surface area contributed by atoms with E-state index in [2.05, 4.69) is 4.98 Å². The molecular formula is C8H9ClN2O. The molecule has 0 radical (unpaired) electrons. The zero-order valence-corrected chi connectivity index (χ0v) is 7.21. The van der Waals surface area contributed by atoms with E-state index in [-0.39, 0.29) is 0 Å². The molecule has 0 bridgehead atoms. The number of aromatic nitrogens is 1. The van der Waals surface area contributed by atoms with E-state index in [9.17, 15) is 0 Å². The molecule has 1 fully saturated rings. The van der Waals surface area contributed by atoms with Gasteiger partial charge < -0.3 is 10.5 Å². The fourth-order valence-electron chi connectivity index (χ4n) is 0.915. The quantitative estimate of drug-likeness (QED) is 0.763. The Kier molecular flexibility index (Phi) is 1.81. The average Bonchev–Trinajstić information content (AvgIpc) is 2.80. The van der Waals surface area contributed by atoms with Gasteiger partial charge in [-0.1, -0.05) is 11.6 Å². The second kappa shape index (κ2) is 2.83. The predicted molar refractivity (Wildman–Crippen MR) is 47.3 cm³/mol. The Hall–Kier alpha value is -0.960. The van der Waals surface area contributed by atoms with E-state index in [1.807, 2.05) is 0 Å². The number of nitrogen functional groups attached to an aromatic ring is 1. The van der Waals surface area contributed by atoms with Crippen molar-refractivity contribution in [2.75, 3.05) is 5.73 Å². The monoisotopic (exact) mass is 184 g/mol. The third kappa shape index (κ3) is 1.46. The van der Waals surface area contributed by atoms with Crippen LogP contribution in [0.4, 0.5) is 5.69 Å². The van der Waals surface area contributed by atoms with E-state index in [1.165, 1.54) is 6.20 Å². The first-order valence-corrected chi connectivity index (χ1v) is 4.21. The van der Waals surface area contributed by atoms with Crippen LogP contribution in [0.15, 0.2) is 12.4 Å². The summed E-state index contributed by atoms with van der Waals surface area (Å²) >= 11 is 5.83. The molecule has 2 rings (SSSR count). The van der Waals surface area contributed by atoms with Crippen LogP contribution in [0.3, 0.4) is 0 Å². The lowest BCUT2D eigenvalue weighted by atomic mass is 10.4. The van der Waals surface area contributed by atoms with E-state index in [4.69, 9.17) is 22.1 Å². The first-order valence-electron chi connectivity index (χ1n) is 3.83. The number of hydrogen-bond donors (Lipinski definition) is 1. The number of anilines is 1. The number of nitrogens with two attached hydrogens (primary N) is 1. The van der Waals surface area contributed by atoms with Crippen LogP contribution >= 0.6 is 11.6 Å². The largest absolute Gasteiger partial charge is 0.487 e. The molecule has 1 heterocycles. The zero-order chi connectivity index (χ0) is 8.55. The molecule has 1 aliphatic rings. The molecule has 0 atom stereocenters. The summed E-state index contributed by atoms with van der Waals surface area (Å²) in [5.41, 5.74) is 6.13. The Bertz CT molecular complexity index is 279. The van der Waals surface area contributed by atoms with Crippen LogP contribution in [-0.4, -0.2) is 11.1 Å². The van der Waals surface area contributed by atoms with Crippen molar-refractivity contribution in [2.45, 2.75) is 18.9 Å². The SMILES string of the molecule is Nc1cncc(Cl)c1OC1CC1. The molecule has 0 aliphatic heterocycles. The minimum atomic E-state index is 0.312. The highest BCUT2D eigenvalue weighted by Gasteiger charge is 2.25. The summed E-state index contributed by atoms with van der Waals surface area (Å²) in [6, 6.07) is 0. The summed E-state index contributed by atoms with van der Waals surface area (Å²) in [4.78, 5) is 3.84. The van der Waals surface area contributed by atoms with Crippen LogP contribution in [0, 0.1) is 0 Å². The molecule has 0 unspecified atom stereocenters. The summed E-state index contributed by atoms with van der Waals surface area (Å²) in [6.45, 7) is 0. The molecule has 1 aromatic heterocycles. The maximum Gasteiger partial charge on any atom is 0.164 e. The predicted octanol–water partition coefficient (Wildman–Crippen LogP) is 1.86. The van der Waals surface area contributed by atoms with Crippen molar-refractivity contribution in [3.8, 4) is 5.75 Å². The first-order chi connectivity index (χ1) is 5.77. The summed E-state index contributed by atoms with van der Waals surface area (Å²) in [6.07, 6.45) is 5.59. The van der Waals surface area contributed by atoms with Gasteiger partial charge in [-0.15, -0.1) is 0 Å². The van der Waals surface area contributed by atoms with E-state index in [1.54, 1.807) is 6.20 Å². The molecule has 1 aliphatic carbocycles. The Morgan fingerprint density at radius 1 is 1.50 bits per heavy atom. The fourth-order valence-corrected chi connectivity index (χ4v) is 1.13. The Morgan fingerprint density at radius 3 is 2.83 bits per heavy atom. The highest BCUT2D eigenvalue weighted by Crippen LogP contribution is 2.35. The Morgan fingerprint density at radius 2 is 2.25 bits per heavy atom. The van der Waals surface area contributed by atoms with Crippen molar-refractivity contribution in [3.05, 3.63) is 17.4 Å². The maximum atomic E-state index is 5.83. The van der Waals surface area contributed by atoms with Crippen LogP contribution in [-0.2, 0) is 0 Å². The van der Waals surface area contributed by atoms with Crippen LogP contribution < -0.4 is 10.5 Å². The Balaban J connectivity index is 2.26. The van der Waals surface area contributed by atoms with Gasteiger partial charge in [-0.25, -0.2) is 0 Å². The molecular weight excluding hydrogens is 176 g/mol. The number of ether oxygens (including phenoxy) is 1. The second-order valence-electron chi connectivity index (χ2n) is 2.86. The number of nitrogens with zero attached hydrogens (tertiary/aromatic N) is 1. The van der Waals surface area contributed by atoms with Crippen molar-refractivity contribution in [2.24, 2.45) is 0 Å². The highest BCUT2D eigenvalue weighted by molar-refractivity contribution is 6.32. The van der Waals surface area contributed by atoms with Crippen LogP contribution in [0.25, 0.3) is 0 Å². The molecule has 1 saturated carbocycles. The van der Waals surface area contributed by atoms with Gasteiger partial charge in [0.15, 0.2) is 5.75 Å². The van der Waals surface area contributed by atoms with E-state index < -0.39 is 0 Å². The third-order valence-electron chi connectivity index (χ3n) is 1.69. The number of pyridine rings is 1. The average molecular weight is 185 g/mol. The molecule has 2 N–H and O–H groups in total. The van der Waals surface area contributed by atoms with E-state index >= 15 is 0 Å². The molecule has 0 saturated heterocycles. The van der Waals surface area contributed by atoms with Gasteiger partial charge in [0, 0.05) is 6.20 Å². The van der Waals surface area contributed by atoms with Crippen molar-refractivity contribution < 1.29 is 4.74 Å². The fraction of sp³-hybridized carbons (Fsp3) is 0.375. The van der Waals surface area contributed by atoms with Crippen molar-refractivity contribution in [3.63, 3.8) is 0 Å². The van der Waals surface area contributed by atoms with E-state index in [0.29, 0.717) is 22.6 Å². The summed E-state index contributed by atoms with van der Waals surface area (Å²) in [5.74, 6) is 0.578. The lowest BCUT2D eigenvalue weighted by Gasteiger charge is -2.07. The Labute approximate surface area is 75.5 Å². The number of halogens is 1. The van der Waals surface area contributed by atoms with Crippen LogP contribution in [0.2, 0.25) is 5.02 Å². The summed E-state index contributed by atoms with van der Waals surface area (Å²) in [5, 5.41) is 0.488. The molecule has 3 nitrogen and oxygen atoms in total. The van der Waals surface area contributed by atoms with Gasteiger partial charge in [0.25, 0.3) is 0 Å². The normalized spacial score (nSPS) is 16.1. The maximum absolute atomic E-state index is 5.83. The third-order valence-corrected chi connectivity index (χ3v) is 1.96. The van der Waals surface area contributed by atoms with Gasteiger partial charge in [0.1, 0.15) is 5.02 Å². The zero-order valence-electron chi connectivity index (χ0n) is 6.46. The molecule has 0 aromatic carbocycles. The smallest absolute Gasteiger partial charge is 0.164 e. The standard InChI is InChI=1S/C8H9ClN2O/c9-6-3-11-4-7(10)8(6)12-5-1-2-5/h3-5H,1-2,10H2. The molecule has 0 spiro atoms. The van der Waals surface area contributed by atoms with Gasteiger partial charge in [0.05, 0.1) is 18.0 Å². The van der Waals surface area contributed by atoms with Crippen LogP contribution in [0.1, 0.15) is 12.8 Å². The van der Waals surface area contributed by atoms with Gasteiger partial charge in [-0.05, 0) is 12.8 Å². The second-order valence-corrected chi connectivity index (χ2v) is 3.26. The number of rotatable bonds is 2. The molecule has 64 valence electrons. The topological polar surface area (TPSA) is 48.1 Å². The van der Waals surface area contributed by atoms with Crippen molar-refractivity contribution in [1.29, 1.82) is 0 Å². The molecule has 1 aromatic rings. The summed E-state index contributed by atoms with van der Waals surface area (Å²) < 4.78 is 5.49. The van der Waals surface area contributed by atoms with Crippen molar-refractivity contribution in [1.82, 2.24) is 4.98 Å². The summed E-state index contributed by atoms with van der Waals surface area (Å²) in [7, 11) is 0. The molecule has 12 heavy (non-hydrogen) atoms. The molecule has 4 heteroatoms. The first kappa shape index (κ1) is 7.68. The van der Waals surface area contributed by atoms with Gasteiger partial charge in [0.2, 0.25) is 0 Å². The van der Waals surface area contributed by atoms with E-state index in [0.717, 1.165) is 12.8 Å². The minimum Gasteiger partial charge on any atom is -0.487 e. The lowest BCUT2D eigenvalue weighted by Crippen LogP contribution is -2.00. The van der Waals surface area contributed by atoms with Crippen LogP contribution in [0.5, 0.6) is 5.75 Å². The molecule has 0 amide bonds. The highest BCUT2D eigenvalue weighted by atomic mass is 35.5. The van der Waals surface area contributed by atoms with Gasteiger partial charge >= 0.3 is 0 Å². The van der Waals surface area contributed by atoms with Gasteiger partial charge in [-0.3, -0.25) is 4.98 Å². The van der Waals surface area contributed by atoms with Gasteiger partial charge in [-0.2, -0.15) is 0 Å². The lowest BCUT2D eigenvalue weighted by molar-refractivity contribution is 0.305. The number of hydrogen-bond acceptors (Lipinski definition) is 3. The minimum absolute atomic E-state index is 0.312. The van der Waals surface area contributed by atoms with Crippen molar-refractivity contribution >= 4 is 17.3 Å².